The van der Waals surface area contributed by atoms with Crippen molar-refractivity contribution in [3.05, 3.63) is 107 Å². The van der Waals surface area contributed by atoms with E-state index in [4.69, 9.17) is 4.18 Å². The van der Waals surface area contributed by atoms with Gasteiger partial charge in [-0.25, -0.2) is 0 Å². The van der Waals surface area contributed by atoms with Crippen molar-refractivity contribution in [3.8, 4) is 16.9 Å². The molecule has 0 aliphatic heterocycles. The lowest BCUT2D eigenvalue weighted by atomic mass is 9.80. The molecule has 0 unspecified atom stereocenters. The summed E-state index contributed by atoms with van der Waals surface area (Å²) in [5.41, 5.74) is -1.08. The van der Waals surface area contributed by atoms with Crippen molar-refractivity contribution < 1.29 is 30.3 Å². The molecule has 4 nitrogen and oxygen atoms in total. The summed E-state index contributed by atoms with van der Waals surface area (Å²) in [6.45, 7) is 0. The molecule has 0 atom stereocenters. The second kappa shape index (κ2) is 11.1. The second-order valence-corrected chi connectivity index (χ2v) is 15.1. The van der Waals surface area contributed by atoms with Crippen LogP contribution >= 0.6 is 7.14 Å². The van der Waals surface area contributed by atoms with Crippen molar-refractivity contribution in [2.45, 2.75) is 56.9 Å². The monoisotopic (exact) mass is 610 g/mol. The number of alkyl halides is 3. The number of halogens is 3. The van der Waals surface area contributed by atoms with E-state index in [0.29, 0.717) is 46.3 Å². The van der Waals surface area contributed by atoms with Crippen molar-refractivity contribution in [1.29, 1.82) is 0 Å². The average molecular weight is 611 g/mol. The molecule has 4 aromatic carbocycles. The fraction of sp³-hybridized carbons (Fsp3) is 0.273. The van der Waals surface area contributed by atoms with E-state index in [0.717, 1.165) is 54.4 Å². The van der Waals surface area contributed by atoms with E-state index in [-0.39, 0.29) is 5.75 Å². The van der Waals surface area contributed by atoms with Crippen molar-refractivity contribution in [2.24, 2.45) is 0 Å². The van der Waals surface area contributed by atoms with E-state index in [1.165, 1.54) is 6.07 Å². The van der Waals surface area contributed by atoms with Crippen LogP contribution < -0.4 is 20.1 Å². The van der Waals surface area contributed by atoms with Crippen LogP contribution in [0, 0.1) is 0 Å². The summed E-state index contributed by atoms with van der Waals surface area (Å²) >= 11 is 0. The molecule has 2 aliphatic carbocycles. The summed E-state index contributed by atoms with van der Waals surface area (Å²) in [4.78, 5) is 0. The van der Waals surface area contributed by atoms with Gasteiger partial charge in [0.05, 0.1) is 0 Å². The molecule has 0 radical (unpaired) electrons. The first-order valence-corrected chi connectivity index (χ1v) is 17.3. The van der Waals surface area contributed by atoms with Crippen LogP contribution in [0.5, 0.6) is 5.75 Å². The van der Waals surface area contributed by atoms with Gasteiger partial charge in [0.1, 0.15) is 0 Å². The van der Waals surface area contributed by atoms with Crippen LogP contribution in [0.4, 0.5) is 13.2 Å². The van der Waals surface area contributed by atoms with Gasteiger partial charge in [0.15, 0.2) is 12.9 Å². The summed E-state index contributed by atoms with van der Waals surface area (Å²) < 4.78 is 86.3. The second-order valence-electron chi connectivity index (χ2n) is 10.9. The Morgan fingerprint density at radius 1 is 0.619 bits per heavy atom. The number of fused-ring (bicyclic) bond motifs is 2. The van der Waals surface area contributed by atoms with Gasteiger partial charge in [-0.15, -0.1) is 0 Å². The molecule has 218 valence electrons. The molecule has 0 N–H and O–H groups in total. The van der Waals surface area contributed by atoms with E-state index in [1.54, 1.807) is 6.07 Å². The molecule has 0 saturated carbocycles. The summed E-state index contributed by atoms with van der Waals surface area (Å²) in [6, 6.07) is 25.0. The SMILES string of the molecule is O=P(c1ccccc1)(c1ccccc1)c1ccc2c(c1-c1c(OS(=O)(=O)C(F)(F)F)ccc3c1CCCC3)CCCC2. The third kappa shape index (κ3) is 4.99. The number of hydrogen-bond acceptors (Lipinski definition) is 4. The standard InChI is InChI=1S/C33H30F3O4PS/c34-33(35,36)42(38,39)40-29-21-19-23-11-7-9-17-27(23)31(29)32-28-18-10-8-12-24(28)20-22-30(32)41(37,25-13-3-1-4-14-25)26-15-5-2-6-16-26/h1-6,13-16,19-22H,7-12,17-18H2. The molecule has 0 bridgehead atoms. The highest BCUT2D eigenvalue weighted by Gasteiger charge is 2.49. The lowest BCUT2D eigenvalue weighted by molar-refractivity contribution is -0.0499. The normalized spacial score (nSPS) is 15.5. The van der Waals surface area contributed by atoms with Gasteiger partial charge < -0.3 is 8.75 Å². The zero-order chi connectivity index (χ0) is 29.5. The molecular weight excluding hydrogens is 580 g/mol. The van der Waals surface area contributed by atoms with Gasteiger partial charge in [0, 0.05) is 27.0 Å². The molecule has 42 heavy (non-hydrogen) atoms. The number of hydrogen-bond donors (Lipinski definition) is 0. The van der Waals surface area contributed by atoms with Crippen LogP contribution in [0.25, 0.3) is 11.1 Å². The van der Waals surface area contributed by atoms with E-state index < -0.39 is 22.8 Å². The molecule has 4 aromatic rings. The Morgan fingerprint density at radius 2 is 1.10 bits per heavy atom. The summed E-state index contributed by atoms with van der Waals surface area (Å²) in [7, 11) is -9.54. The Balaban J connectivity index is 1.74. The Kier molecular flexibility index (Phi) is 7.57. The summed E-state index contributed by atoms with van der Waals surface area (Å²) in [6.07, 6.45) is 6.21. The number of rotatable bonds is 6. The molecule has 9 heteroatoms. The molecule has 0 fully saturated rings. The van der Waals surface area contributed by atoms with E-state index in [9.17, 15) is 21.6 Å². The number of benzene rings is 4. The lowest BCUT2D eigenvalue weighted by Crippen LogP contribution is -2.30. The van der Waals surface area contributed by atoms with Crippen LogP contribution in [0.15, 0.2) is 84.9 Å². The smallest absolute Gasteiger partial charge is 0.375 e. The molecule has 6 rings (SSSR count). The Labute approximate surface area is 244 Å². The molecule has 0 spiro atoms. The van der Waals surface area contributed by atoms with Gasteiger partial charge in [-0.2, -0.15) is 21.6 Å². The highest BCUT2D eigenvalue weighted by Crippen LogP contribution is 2.50. The number of aryl methyl sites for hydroxylation is 2. The maximum atomic E-state index is 15.7. The zero-order valence-corrected chi connectivity index (χ0v) is 24.6. The van der Waals surface area contributed by atoms with Gasteiger partial charge in [0.25, 0.3) is 0 Å². The van der Waals surface area contributed by atoms with Gasteiger partial charge >= 0.3 is 15.6 Å². The van der Waals surface area contributed by atoms with E-state index >= 15 is 4.57 Å². The summed E-state index contributed by atoms with van der Waals surface area (Å²) in [5, 5.41) is 1.65. The summed E-state index contributed by atoms with van der Waals surface area (Å²) in [5.74, 6) is -0.374. The minimum Gasteiger partial charge on any atom is -0.375 e. The van der Waals surface area contributed by atoms with Crippen LogP contribution in [0.1, 0.15) is 47.9 Å². The predicted molar refractivity (Wildman–Crippen MR) is 160 cm³/mol. The van der Waals surface area contributed by atoms with Crippen molar-refractivity contribution in [3.63, 3.8) is 0 Å². The highest BCUT2D eigenvalue weighted by molar-refractivity contribution is 7.88. The van der Waals surface area contributed by atoms with Gasteiger partial charge in [0.2, 0.25) is 0 Å². The quantitative estimate of drug-likeness (QED) is 0.134. The minimum atomic E-state index is -5.95. The largest absolute Gasteiger partial charge is 0.534 e. The molecule has 0 aromatic heterocycles. The first kappa shape index (κ1) is 28.8. The van der Waals surface area contributed by atoms with Crippen LogP contribution in [-0.2, 0) is 40.4 Å². The fourth-order valence-electron chi connectivity index (χ4n) is 6.38. The third-order valence-corrected chi connectivity index (χ3v) is 12.4. The Bertz CT molecular complexity index is 1740. The van der Waals surface area contributed by atoms with Crippen LogP contribution in [0.3, 0.4) is 0 Å². The maximum Gasteiger partial charge on any atom is 0.534 e. The fourth-order valence-corrected chi connectivity index (χ4v) is 9.73. The molecular formula is C33H30F3O4PS. The van der Waals surface area contributed by atoms with Crippen LogP contribution in [0.2, 0.25) is 0 Å². The van der Waals surface area contributed by atoms with Gasteiger partial charge in [-0.3, -0.25) is 0 Å². The molecule has 0 amide bonds. The minimum absolute atomic E-state index is 0.320. The predicted octanol–water partition coefficient (Wildman–Crippen LogP) is 6.98. The van der Waals surface area contributed by atoms with E-state index in [1.807, 2.05) is 72.8 Å². The first-order valence-electron chi connectivity index (χ1n) is 14.1. The van der Waals surface area contributed by atoms with Crippen molar-refractivity contribution in [2.75, 3.05) is 0 Å². The Morgan fingerprint density at radius 3 is 1.62 bits per heavy atom. The third-order valence-electron chi connectivity index (χ3n) is 8.32. The van der Waals surface area contributed by atoms with Crippen LogP contribution in [-0.4, -0.2) is 13.9 Å². The average Bonchev–Trinajstić information content (AvgIpc) is 3.00. The lowest BCUT2D eigenvalue weighted by Gasteiger charge is -2.31. The maximum absolute atomic E-state index is 15.7. The van der Waals surface area contributed by atoms with E-state index in [2.05, 4.69) is 0 Å². The van der Waals surface area contributed by atoms with Crippen molar-refractivity contribution >= 4 is 33.2 Å². The highest BCUT2D eigenvalue weighted by atomic mass is 32.2. The molecule has 2 aliphatic rings. The zero-order valence-electron chi connectivity index (χ0n) is 22.9. The topological polar surface area (TPSA) is 60.4 Å². The first-order chi connectivity index (χ1) is 20.1. The van der Waals surface area contributed by atoms with Gasteiger partial charge in [-0.1, -0.05) is 72.8 Å². The molecule has 0 heterocycles. The molecule has 0 saturated heterocycles. The van der Waals surface area contributed by atoms with Crippen molar-refractivity contribution in [1.82, 2.24) is 0 Å². The van der Waals surface area contributed by atoms with Gasteiger partial charge in [-0.05, 0) is 85.8 Å². The Hall–Kier alpha value is -3.35.